The average molecular weight is 391 g/mol. The molecule has 2 N–H and O–H groups in total. The number of hydrogen-bond donors (Lipinski definition) is 2. The van der Waals surface area contributed by atoms with E-state index in [0.29, 0.717) is 22.3 Å². The number of carbonyl (C=O) groups excluding carboxylic acids is 1. The summed E-state index contributed by atoms with van der Waals surface area (Å²) in [7, 11) is 1.42. The highest BCUT2D eigenvalue weighted by atomic mass is 35.5. The van der Waals surface area contributed by atoms with E-state index in [0.717, 1.165) is 6.42 Å². The maximum absolute atomic E-state index is 11.8. The van der Waals surface area contributed by atoms with Gasteiger partial charge < -0.3 is 14.6 Å². The average Bonchev–Trinajstić information content (AvgIpc) is 2.68. The number of carbonyl (C=O) groups is 1. The van der Waals surface area contributed by atoms with Crippen LogP contribution in [0.25, 0.3) is 0 Å². The van der Waals surface area contributed by atoms with Crippen molar-refractivity contribution < 1.29 is 19.4 Å². The van der Waals surface area contributed by atoms with E-state index < -0.39 is 5.91 Å². The largest absolute Gasteiger partial charge is 0.504 e. The molecular weight excluding hydrogens is 368 g/mol. The van der Waals surface area contributed by atoms with Gasteiger partial charge in [-0.15, -0.1) is 0 Å². The number of amides is 1. The van der Waals surface area contributed by atoms with Gasteiger partial charge in [0.15, 0.2) is 18.1 Å². The third-order valence-corrected chi connectivity index (χ3v) is 4.33. The highest BCUT2D eigenvalue weighted by Gasteiger charge is 2.09. The van der Waals surface area contributed by atoms with Crippen molar-refractivity contribution in [2.75, 3.05) is 13.7 Å². The fourth-order valence-corrected chi connectivity index (χ4v) is 2.55. The molecule has 0 saturated carbocycles. The Morgan fingerprint density at radius 3 is 2.67 bits per heavy atom. The summed E-state index contributed by atoms with van der Waals surface area (Å²) in [5.74, 6) is 0.777. The number of benzene rings is 2. The van der Waals surface area contributed by atoms with Crippen molar-refractivity contribution in [3.8, 4) is 17.2 Å². The van der Waals surface area contributed by atoms with E-state index in [1.54, 1.807) is 0 Å². The lowest BCUT2D eigenvalue weighted by molar-refractivity contribution is -0.123. The van der Waals surface area contributed by atoms with Crippen LogP contribution in [-0.2, 0) is 4.79 Å². The third kappa shape index (κ3) is 5.89. The molecule has 1 amide bonds. The van der Waals surface area contributed by atoms with Crippen LogP contribution < -0.4 is 14.9 Å². The summed E-state index contributed by atoms with van der Waals surface area (Å²) < 4.78 is 10.5. The molecule has 0 bridgehead atoms. The predicted molar refractivity (Wildman–Crippen MR) is 106 cm³/mol. The Labute approximate surface area is 163 Å². The van der Waals surface area contributed by atoms with E-state index in [-0.39, 0.29) is 18.1 Å². The molecule has 0 heterocycles. The van der Waals surface area contributed by atoms with Gasteiger partial charge in [-0.1, -0.05) is 37.6 Å². The zero-order valence-electron chi connectivity index (χ0n) is 15.5. The molecule has 27 heavy (non-hydrogen) atoms. The van der Waals surface area contributed by atoms with Gasteiger partial charge in [-0.05, 0) is 36.1 Å². The number of hydrazone groups is 1. The molecule has 0 radical (unpaired) electrons. The van der Waals surface area contributed by atoms with Crippen LogP contribution in [-0.4, -0.2) is 30.9 Å². The second-order valence-corrected chi connectivity index (χ2v) is 6.44. The van der Waals surface area contributed by atoms with Crippen LogP contribution in [0.4, 0.5) is 0 Å². The summed E-state index contributed by atoms with van der Waals surface area (Å²) in [6.45, 7) is 4.12. The number of rotatable bonds is 8. The molecule has 2 aromatic carbocycles. The number of phenolic OH excluding ortho intramolecular Hbond substituents is 1. The highest BCUT2D eigenvalue weighted by Crippen LogP contribution is 2.32. The minimum Gasteiger partial charge on any atom is -0.504 e. The number of halogens is 1. The van der Waals surface area contributed by atoms with Crippen molar-refractivity contribution >= 4 is 23.7 Å². The SMILES string of the molecule is CC[C@H](C)c1ccc(OCC(=O)N/N=C/c2cc(Cl)cc(OC)c2O)cc1. The number of methoxy groups -OCH3 is 1. The summed E-state index contributed by atoms with van der Waals surface area (Å²) >= 11 is 5.94. The Bertz CT molecular complexity index is 806. The van der Waals surface area contributed by atoms with E-state index in [4.69, 9.17) is 21.1 Å². The fraction of sp³-hybridized carbons (Fsp3) is 0.300. The molecule has 7 heteroatoms. The summed E-state index contributed by atoms with van der Waals surface area (Å²) in [4.78, 5) is 11.8. The lowest BCUT2D eigenvalue weighted by Gasteiger charge is -2.10. The summed E-state index contributed by atoms with van der Waals surface area (Å²) in [5.41, 5.74) is 3.89. The predicted octanol–water partition coefficient (Wildman–Crippen LogP) is 4.10. The molecule has 0 aliphatic carbocycles. The Morgan fingerprint density at radius 2 is 2.04 bits per heavy atom. The van der Waals surface area contributed by atoms with Crippen LogP contribution in [0.5, 0.6) is 17.2 Å². The van der Waals surface area contributed by atoms with Crippen LogP contribution in [0.15, 0.2) is 41.5 Å². The number of nitrogens with one attached hydrogen (secondary N) is 1. The van der Waals surface area contributed by atoms with Gasteiger partial charge in [0.2, 0.25) is 0 Å². The second-order valence-electron chi connectivity index (χ2n) is 6.01. The van der Waals surface area contributed by atoms with Crippen LogP contribution >= 0.6 is 11.6 Å². The van der Waals surface area contributed by atoms with Crippen molar-refractivity contribution in [1.82, 2.24) is 5.43 Å². The first-order valence-electron chi connectivity index (χ1n) is 8.55. The van der Waals surface area contributed by atoms with Gasteiger partial charge in [-0.2, -0.15) is 5.10 Å². The molecule has 0 saturated heterocycles. The monoisotopic (exact) mass is 390 g/mol. The molecule has 144 valence electrons. The lowest BCUT2D eigenvalue weighted by Crippen LogP contribution is -2.24. The van der Waals surface area contributed by atoms with Crippen LogP contribution in [0.2, 0.25) is 5.02 Å². The molecule has 0 fully saturated rings. The minimum atomic E-state index is -0.425. The van der Waals surface area contributed by atoms with Crippen molar-refractivity contribution in [2.45, 2.75) is 26.2 Å². The fourth-order valence-electron chi connectivity index (χ4n) is 2.33. The van der Waals surface area contributed by atoms with E-state index in [9.17, 15) is 9.90 Å². The van der Waals surface area contributed by atoms with Crippen LogP contribution in [0.1, 0.15) is 37.3 Å². The first kappa shape index (κ1) is 20.6. The van der Waals surface area contributed by atoms with Gasteiger partial charge in [0, 0.05) is 16.7 Å². The molecule has 0 spiro atoms. The first-order valence-corrected chi connectivity index (χ1v) is 8.93. The van der Waals surface area contributed by atoms with Crippen LogP contribution in [0, 0.1) is 0 Å². The van der Waals surface area contributed by atoms with E-state index in [2.05, 4.69) is 24.4 Å². The Morgan fingerprint density at radius 1 is 1.33 bits per heavy atom. The third-order valence-electron chi connectivity index (χ3n) is 4.11. The standard InChI is InChI=1S/C20H23ClN2O4/c1-4-13(2)14-5-7-17(8-6-14)27-12-19(24)23-22-11-15-9-16(21)10-18(26-3)20(15)25/h5-11,13,25H,4,12H2,1-3H3,(H,23,24)/b22-11+/t13-/m0/s1. The van der Waals surface area contributed by atoms with Gasteiger partial charge in [0.1, 0.15) is 5.75 Å². The maximum Gasteiger partial charge on any atom is 0.277 e. The Balaban J connectivity index is 1.88. The topological polar surface area (TPSA) is 80.2 Å². The van der Waals surface area contributed by atoms with Crippen molar-refractivity contribution in [3.63, 3.8) is 0 Å². The number of phenols is 1. The summed E-state index contributed by atoms with van der Waals surface area (Å²) in [6.07, 6.45) is 2.34. The molecule has 0 unspecified atom stereocenters. The summed E-state index contributed by atoms with van der Waals surface area (Å²) in [5, 5.41) is 14.2. The van der Waals surface area contributed by atoms with Gasteiger partial charge >= 0.3 is 0 Å². The van der Waals surface area contributed by atoms with Gasteiger partial charge in [0.25, 0.3) is 5.91 Å². The highest BCUT2D eigenvalue weighted by molar-refractivity contribution is 6.31. The number of ether oxygens (including phenoxy) is 2. The lowest BCUT2D eigenvalue weighted by atomic mass is 9.99. The van der Waals surface area contributed by atoms with Crippen molar-refractivity contribution in [2.24, 2.45) is 5.10 Å². The number of nitrogens with zero attached hydrogens (tertiary/aromatic N) is 1. The van der Waals surface area contributed by atoms with E-state index in [1.807, 2.05) is 24.3 Å². The zero-order chi connectivity index (χ0) is 19.8. The smallest absolute Gasteiger partial charge is 0.277 e. The number of hydrogen-bond acceptors (Lipinski definition) is 5. The molecular formula is C20H23ClN2O4. The zero-order valence-corrected chi connectivity index (χ0v) is 16.3. The second kappa shape index (κ2) is 9.83. The summed E-state index contributed by atoms with van der Waals surface area (Å²) in [6, 6.07) is 10.7. The molecule has 2 aromatic rings. The van der Waals surface area contributed by atoms with Gasteiger partial charge in [-0.3, -0.25) is 4.79 Å². The molecule has 0 aliphatic heterocycles. The number of aromatic hydroxyl groups is 1. The molecule has 1 atom stereocenters. The quantitative estimate of drug-likeness (QED) is 0.525. The maximum atomic E-state index is 11.8. The normalized spacial score (nSPS) is 12.0. The molecule has 0 aromatic heterocycles. The minimum absolute atomic E-state index is 0.113. The van der Waals surface area contributed by atoms with Crippen LogP contribution in [0.3, 0.4) is 0 Å². The Kier molecular flexibility index (Phi) is 7.49. The molecule has 2 rings (SSSR count). The molecule has 0 aliphatic rings. The first-order chi connectivity index (χ1) is 12.9. The van der Waals surface area contributed by atoms with Gasteiger partial charge in [0.05, 0.1) is 13.3 Å². The van der Waals surface area contributed by atoms with Crippen molar-refractivity contribution in [3.05, 3.63) is 52.5 Å². The van der Waals surface area contributed by atoms with Gasteiger partial charge in [-0.25, -0.2) is 5.43 Å². The van der Waals surface area contributed by atoms with E-state index in [1.165, 1.54) is 31.0 Å². The Hall–Kier alpha value is -2.73. The van der Waals surface area contributed by atoms with E-state index >= 15 is 0 Å². The van der Waals surface area contributed by atoms with Crippen molar-refractivity contribution in [1.29, 1.82) is 0 Å². The molecule has 6 nitrogen and oxygen atoms in total.